The fourth-order valence-corrected chi connectivity index (χ4v) is 2.71. The molecule has 0 spiro atoms. The molecule has 0 aromatic heterocycles. The van der Waals surface area contributed by atoms with Crippen LogP contribution in [0.2, 0.25) is 0 Å². The molecular weight excluding hydrogens is 284 g/mol. The molecule has 5 heteroatoms. The molecule has 0 radical (unpaired) electrons. The van der Waals surface area contributed by atoms with Gasteiger partial charge in [-0.1, -0.05) is 31.2 Å². The van der Waals surface area contributed by atoms with Gasteiger partial charge in [-0.3, -0.25) is 9.59 Å². The second-order valence-electron chi connectivity index (χ2n) is 5.67. The van der Waals surface area contributed by atoms with E-state index in [0.717, 1.165) is 5.57 Å². The molecule has 0 aromatic carbocycles. The lowest BCUT2D eigenvalue weighted by molar-refractivity contribution is -0.128. The molecule has 3 unspecified atom stereocenters. The van der Waals surface area contributed by atoms with Gasteiger partial charge in [-0.15, -0.1) is 0 Å². The summed E-state index contributed by atoms with van der Waals surface area (Å²) in [5.41, 5.74) is 1.15. The molecule has 0 fully saturated rings. The number of hydrogen-bond donors (Lipinski definition) is 3. The van der Waals surface area contributed by atoms with Gasteiger partial charge in [0.25, 0.3) is 0 Å². The van der Waals surface area contributed by atoms with E-state index in [-0.39, 0.29) is 29.6 Å². The first-order valence-corrected chi connectivity index (χ1v) is 7.88. The highest BCUT2D eigenvalue weighted by Crippen LogP contribution is 2.29. The minimum atomic E-state index is -0.467. The number of hydrogen-bond acceptors (Lipinski definition) is 4. The van der Waals surface area contributed by atoms with E-state index in [1.165, 1.54) is 6.92 Å². The minimum absolute atomic E-state index is 0.0191. The molecule has 4 nitrogen and oxygen atoms in total. The first-order valence-electron chi connectivity index (χ1n) is 7.24. The van der Waals surface area contributed by atoms with Crippen molar-refractivity contribution in [1.82, 2.24) is 10.6 Å². The number of ketones is 1. The number of carbonyl (C=O) groups is 2. The van der Waals surface area contributed by atoms with Gasteiger partial charge >= 0.3 is 0 Å². The Morgan fingerprint density at radius 1 is 1.38 bits per heavy atom. The van der Waals surface area contributed by atoms with E-state index in [0.29, 0.717) is 12.2 Å². The third-order valence-electron chi connectivity index (χ3n) is 3.99. The number of nitrogens with one attached hydrogen (secondary N) is 2. The third-order valence-corrected chi connectivity index (χ3v) is 4.54. The molecule has 1 aliphatic heterocycles. The van der Waals surface area contributed by atoms with Crippen LogP contribution in [0, 0.1) is 11.8 Å². The fraction of sp³-hybridized carbons (Fsp3) is 0.500. The topological polar surface area (TPSA) is 58.2 Å². The third kappa shape index (κ3) is 3.79. The van der Waals surface area contributed by atoms with Crippen molar-refractivity contribution in [2.45, 2.75) is 32.4 Å². The molecule has 1 aliphatic carbocycles. The van der Waals surface area contributed by atoms with Gasteiger partial charge in [-0.2, -0.15) is 12.6 Å². The maximum atomic E-state index is 12.0. The Balaban J connectivity index is 2.01. The first kappa shape index (κ1) is 15.9. The highest BCUT2D eigenvalue weighted by atomic mass is 32.1. The summed E-state index contributed by atoms with van der Waals surface area (Å²) in [7, 11) is 0. The molecule has 0 bridgehead atoms. The summed E-state index contributed by atoms with van der Waals surface area (Å²) in [5.74, 6) is 0.410. The van der Waals surface area contributed by atoms with Gasteiger partial charge in [0.15, 0.2) is 5.78 Å². The van der Waals surface area contributed by atoms with Gasteiger partial charge in [-0.25, -0.2) is 0 Å². The molecule has 114 valence electrons. The predicted molar refractivity (Wildman–Crippen MR) is 87.0 cm³/mol. The van der Waals surface area contributed by atoms with E-state index in [4.69, 9.17) is 0 Å². The molecule has 4 atom stereocenters. The normalized spacial score (nSPS) is 25.6. The van der Waals surface area contributed by atoms with E-state index < -0.39 is 6.04 Å². The molecular formula is C16H22N2O2S. The van der Waals surface area contributed by atoms with E-state index in [9.17, 15) is 9.59 Å². The van der Waals surface area contributed by atoms with Crippen LogP contribution in [0.15, 0.2) is 36.1 Å². The van der Waals surface area contributed by atoms with Crippen LogP contribution in [-0.4, -0.2) is 29.5 Å². The highest BCUT2D eigenvalue weighted by molar-refractivity contribution is 7.80. The van der Waals surface area contributed by atoms with Crippen LogP contribution in [0.1, 0.15) is 20.3 Å². The molecule has 2 N–H and O–H groups in total. The van der Waals surface area contributed by atoms with E-state index in [1.807, 2.05) is 18.4 Å². The van der Waals surface area contributed by atoms with E-state index in [1.54, 1.807) is 6.92 Å². The van der Waals surface area contributed by atoms with Crippen molar-refractivity contribution in [3.05, 3.63) is 36.1 Å². The van der Waals surface area contributed by atoms with Crippen LogP contribution in [0.4, 0.5) is 0 Å². The maximum absolute atomic E-state index is 12.0. The number of rotatable bonds is 6. The molecule has 0 saturated carbocycles. The summed E-state index contributed by atoms with van der Waals surface area (Å²) in [6, 6.07) is -0.199. The zero-order valence-electron chi connectivity index (χ0n) is 12.4. The number of fused-ring (bicyclic) bond motifs is 1. The summed E-state index contributed by atoms with van der Waals surface area (Å²) in [6.07, 6.45) is 10.8. The zero-order valence-corrected chi connectivity index (χ0v) is 13.3. The average Bonchev–Trinajstić information content (AvgIpc) is 2.88. The lowest BCUT2D eigenvalue weighted by atomic mass is 9.87. The van der Waals surface area contributed by atoms with Crippen molar-refractivity contribution in [1.29, 1.82) is 0 Å². The van der Waals surface area contributed by atoms with Crippen LogP contribution < -0.4 is 10.6 Å². The van der Waals surface area contributed by atoms with Gasteiger partial charge in [-0.05, 0) is 25.1 Å². The summed E-state index contributed by atoms with van der Waals surface area (Å²) in [5, 5.41) is 6.15. The molecule has 2 rings (SSSR count). The van der Waals surface area contributed by atoms with Crippen molar-refractivity contribution >= 4 is 24.3 Å². The first-order chi connectivity index (χ1) is 10.0. The quantitative estimate of drug-likeness (QED) is 0.654. The van der Waals surface area contributed by atoms with Crippen LogP contribution in [-0.2, 0) is 9.59 Å². The predicted octanol–water partition coefficient (Wildman–Crippen LogP) is 1.61. The van der Waals surface area contributed by atoms with Crippen LogP contribution in [0.3, 0.4) is 0 Å². The number of allylic oxidation sites excluding steroid dienone is 2. The summed E-state index contributed by atoms with van der Waals surface area (Å²) in [6.45, 7) is 3.33. The summed E-state index contributed by atoms with van der Waals surface area (Å²) < 4.78 is 0. The Morgan fingerprint density at radius 2 is 2.10 bits per heavy atom. The van der Waals surface area contributed by atoms with Gasteiger partial charge in [0.05, 0.1) is 12.1 Å². The second-order valence-corrected chi connectivity index (χ2v) is 6.03. The van der Waals surface area contributed by atoms with Crippen LogP contribution >= 0.6 is 12.6 Å². The van der Waals surface area contributed by atoms with Crippen molar-refractivity contribution in [3.8, 4) is 0 Å². The van der Waals surface area contributed by atoms with Crippen molar-refractivity contribution in [2.75, 3.05) is 5.75 Å². The van der Waals surface area contributed by atoms with Gasteiger partial charge in [0.2, 0.25) is 5.91 Å². The second kappa shape index (κ2) is 6.98. The lowest BCUT2D eigenvalue weighted by Gasteiger charge is -2.23. The van der Waals surface area contributed by atoms with Gasteiger partial charge < -0.3 is 10.6 Å². The highest BCUT2D eigenvalue weighted by Gasteiger charge is 2.30. The van der Waals surface area contributed by atoms with E-state index >= 15 is 0 Å². The Hall–Kier alpha value is -1.49. The molecule has 1 heterocycles. The van der Waals surface area contributed by atoms with Gasteiger partial charge in [0, 0.05) is 17.6 Å². The van der Waals surface area contributed by atoms with Crippen molar-refractivity contribution < 1.29 is 9.59 Å². The van der Waals surface area contributed by atoms with Gasteiger partial charge in [0.1, 0.15) is 0 Å². The minimum Gasteiger partial charge on any atom is -0.384 e. The van der Waals surface area contributed by atoms with Crippen molar-refractivity contribution in [2.24, 2.45) is 11.8 Å². The number of amides is 1. The largest absolute Gasteiger partial charge is 0.384 e. The summed E-state index contributed by atoms with van der Waals surface area (Å²) >= 11 is 4.12. The van der Waals surface area contributed by atoms with Crippen molar-refractivity contribution in [3.63, 3.8) is 0 Å². The van der Waals surface area contributed by atoms with E-state index in [2.05, 4.69) is 35.4 Å². The Morgan fingerprint density at radius 3 is 2.76 bits per heavy atom. The monoisotopic (exact) mass is 306 g/mol. The molecule has 1 amide bonds. The maximum Gasteiger partial charge on any atom is 0.224 e. The number of Topliss-reactive ketones (excluding diaryl/α,β-unsaturated/α-hetero) is 1. The standard InChI is InChI=1S/C16H22N2O2S/c1-10(9-21)16(20)18-15(11(2)19)7-12-8-17-14-6-4-3-5-13(12)14/h3-6,8,10,13-15,17,21H,7,9H2,1-2H3,(H,18,20)/t10-,13?,14?,15?/m0/s1. The lowest BCUT2D eigenvalue weighted by Crippen LogP contribution is -2.43. The van der Waals surface area contributed by atoms with Crippen LogP contribution in [0.25, 0.3) is 0 Å². The Kier molecular flexibility index (Phi) is 5.28. The Labute approximate surface area is 131 Å². The molecule has 0 saturated heterocycles. The summed E-state index contributed by atoms with van der Waals surface area (Å²) in [4.78, 5) is 23.8. The number of thiol groups is 1. The van der Waals surface area contributed by atoms with Crippen LogP contribution in [0.5, 0.6) is 0 Å². The SMILES string of the molecule is CC(=O)C(CC1=CNC2C=CC=CC12)NC(=O)[C@@H](C)CS. The zero-order chi connectivity index (χ0) is 15.4. The number of carbonyl (C=O) groups excluding carboxylic acids is 2. The molecule has 2 aliphatic rings. The molecule has 21 heavy (non-hydrogen) atoms. The average molecular weight is 306 g/mol. The Bertz CT molecular complexity index is 510. The molecule has 0 aromatic rings. The fourth-order valence-electron chi connectivity index (χ4n) is 2.54. The smallest absolute Gasteiger partial charge is 0.224 e.